The van der Waals surface area contributed by atoms with E-state index in [1.54, 1.807) is 19.1 Å². The van der Waals surface area contributed by atoms with E-state index >= 15 is 0 Å². The van der Waals surface area contributed by atoms with Crippen molar-refractivity contribution in [2.45, 2.75) is 36.9 Å². The molecular weight excluding hydrogens is 300 g/mol. The molecule has 0 radical (unpaired) electrons. The topological polar surface area (TPSA) is 34.1 Å². The van der Waals surface area contributed by atoms with Crippen LogP contribution in [0.3, 0.4) is 0 Å². The smallest absolute Gasteiger partial charge is 0.178 e. The predicted molar refractivity (Wildman–Crippen MR) is 75.4 cm³/mol. The summed E-state index contributed by atoms with van der Waals surface area (Å²) in [6, 6.07) is 7.28. The highest BCUT2D eigenvalue weighted by atomic mass is 79.9. The molecule has 2 nitrogen and oxygen atoms in total. The van der Waals surface area contributed by atoms with Crippen LogP contribution in [0.2, 0.25) is 0 Å². The molecule has 0 saturated carbocycles. The number of hydrogen-bond acceptors (Lipinski definition) is 2. The first-order valence-electron chi connectivity index (χ1n) is 5.83. The molecule has 17 heavy (non-hydrogen) atoms. The Kier molecular flexibility index (Phi) is 5.20. The van der Waals surface area contributed by atoms with E-state index in [1.165, 1.54) is 0 Å². The summed E-state index contributed by atoms with van der Waals surface area (Å²) < 4.78 is 23.9. The average Bonchev–Trinajstić information content (AvgIpc) is 2.29. The second-order valence-corrected chi connectivity index (χ2v) is 7.90. The summed E-state index contributed by atoms with van der Waals surface area (Å²) in [5, 5.41) is 0. The van der Waals surface area contributed by atoms with Gasteiger partial charge in [0.25, 0.3) is 0 Å². The van der Waals surface area contributed by atoms with Crippen molar-refractivity contribution in [3.63, 3.8) is 0 Å². The number of benzene rings is 1. The van der Waals surface area contributed by atoms with E-state index in [2.05, 4.69) is 29.8 Å². The minimum atomic E-state index is -3.12. The molecule has 1 unspecified atom stereocenters. The third-order valence-corrected chi connectivity index (χ3v) is 6.04. The van der Waals surface area contributed by atoms with Crippen molar-refractivity contribution in [2.24, 2.45) is 5.92 Å². The van der Waals surface area contributed by atoms with Gasteiger partial charge in [-0.25, -0.2) is 8.42 Å². The van der Waals surface area contributed by atoms with Gasteiger partial charge in [-0.3, -0.25) is 0 Å². The summed E-state index contributed by atoms with van der Waals surface area (Å²) in [5.41, 5.74) is 0.907. The van der Waals surface area contributed by atoms with Crippen LogP contribution in [0.5, 0.6) is 0 Å². The molecule has 0 bridgehead atoms. The van der Waals surface area contributed by atoms with Gasteiger partial charge in [-0.2, -0.15) is 0 Å². The molecule has 0 fully saturated rings. The molecule has 0 saturated heterocycles. The molecule has 0 heterocycles. The van der Waals surface area contributed by atoms with E-state index in [4.69, 9.17) is 0 Å². The molecule has 0 aliphatic carbocycles. The number of halogens is 1. The molecule has 0 amide bonds. The molecule has 4 heteroatoms. The van der Waals surface area contributed by atoms with E-state index in [1.807, 2.05) is 12.1 Å². The van der Waals surface area contributed by atoms with Crippen LogP contribution >= 0.6 is 15.9 Å². The predicted octanol–water partition coefficient (Wildman–Crippen LogP) is 3.44. The molecule has 1 aromatic carbocycles. The minimum Gasteiger partial charge on any atom is -0.224 e. The number of hydrogen-bond donors (Lipinski definition) is 0. The lowest BCUT2D eigenvalue weighted by Crippen LogP contribution is -2.14. The summed E-state index contributed by atoms with van der Waals surface area (Å²) in [4.78, 5) is 0.781. The van der Waals surface area contributed by atoms with Crippen LogP contribution in [0.1, 0.15) is 26.3 Å². The Morgan fingerprint density at radius 2 is 1.82 bits per heavy atom. The van der Waals surface area contributed by atoms with Gasteiger partial charge in [0.1, 0.15) is 0 Å². The van der Waals surface area contributed by atoms with Gasteiger partial charge in [-0.1, -0.05) is 54.9 Å². The third-order valence-electron chi connectivity index (χ3n) is 2.83. The normalized spacial score (nSPS) is 13.9. The van der Waals surface area contributed by atoms with Crippen LogP contribution in [0, 0.1) is 5.92 Å². The van der Waals surface area contributed by atoms with Gasteiger partial charge in [-0.15, -0.1) is 0 Å². The van der Waals surface area contributed by atoms with Crippen LogP contribution in [0.25, 0.3) is 0 Å². The molecule has 0 aliphatic heterocycles. The lowest BCUT2D eigenvalue weighted by molar-refractivity contribution is 0.589. The summed E-state index contributed by atoms with van der Waals surface area (Å²) in [5.74, 6) is 0.630. The Morgan fingerprint density at radius 3 is 2.35 bits per heavy atom. The lowest BCUT2D eigenvalue weighted by atomic mass is 10.0. The maximum absolute atomic E-state index is 12.0. The number of alkyl halides is 1. The third kappa shape index (κ3) is 3.81. The zero-order valence-corrected chi connectivity index (χ0v) is 12.9. The van der Waals surface area contributed by atoms with E-state index in [9.17, 15) is 8.42 Å². The van der Waals surface area contributed by atoms with Crippen LogP contribution in [0.4, 0.5) is 0 Å². The summed E-state index contributed by atoms with van der Waals surface area (Å²) in [6.07, 6.45) is 0.743. The first-order valence-corrected chi connectivity index (χ1v) is 8.40. The van der Waals surface area contributed by atoms with Crippen molar-refractivity contribution in [3.05, 3.63) is 29.8 Å². The van der Waals surface area contributed by atoms with Crippen molar-refractivity contribution in [3.8, 4) is 0 Å². The highest BCUT2D eigenvalue weighted by Crippen LogP contribution is 2.23. The Labute approximate surface area is 112 Å². The fourth-order valence-electron chi connectivity index (χ4n) is 1.58. The standard InChI is InChI=1S/C13H19BrO2S/c1-4-17(15,16)13-8-6-5-7-11(13)9-12(14)10(2)3/h5-8,10,12H,4,9H2,1-3H3. The highest BCUT2D eigenvalue weighted by molar-refractivity contribution is 9.09. The monoisotopic (exact) mass is 318 g/mol. The van der Waals surface area contributed by atoms with E-state index in [0.29, 0.717) is 15.6 Å². The molecule has 0 spiro atoms. The first-order chi connectivity index (χ1) is 7.88. The van der Waals surface area contributed by atoms with E-state index in [0.717, 1.165) is 12.0 Å². The fraction of sp³-hybridized carbons (Fsp3) is 0.538. The quantitative estimate of drug-likeness (QED) is 0.779. The van der Waals surface area contributed by atoms with E-state index in [-0.39, 0.29) is 5.75 Å². The van der Waals surface area contributed by atoms with Gasteiger partial charge < -0.3 is 0 Å². The van der Waals surface area contributed by atoms with Crippen molar-refractivity contribution >= 4 is 25.8 Å². The Morgan fingerprint density at radius 1 is 1.24 bits per heavy atom. The molecule has 0 N–H and O–H groups in total. The number of sulfone groups is 1. The summed E-state index contributed by atoms with van der Waals surface area (Å²) in [6.45, 7) is 5.92. The van der Waals surface area contributed by atoms with Crippen molar-refractivity contribution in [1.29, 1.82) is 0 Å². The minimum absolute atomic E-state index is 0.151. The van der Waals surface area contributed by atoms with Crippen molar-refractivity contribution in [1.82, 2.24) is 0 Å². The maximum Gasteiger partial charge on any atom is 0.178 e. The molecule has 1 aromatic rings. The van der Waals surface area contributed by atoms with Crippen LogP contribution < -0.4 is 0 Å². The highest BCUT2D eigenvalue weighted by Gasteiger charge is 2.18. The fourth-order valence-corrected chi connectivity index (χ4v) is 3.07. The second-order valence-electron chi connectivity index (χ2n) is 4.48. The molecular formula is C13H19BrO2S. The second kappa shape index (κ2) is 6.01. The molecule has 0 aromatic heterocycles. The van der Waals surface area contributed by atoms with Gasteiger partial charge in [0, 0.05) is 4.83 Å². The lowest BCUT2D eigenvalue weighted by Gasteiger charge is -2.16. The molecule has 96 valence electrons. The molecule has 1 atom stereocenters. The van der Waals surface area contributed by atoms with Gasteiger partial charge in [0.15, 0.2) is 9.84 Å². The van der Waals surface area contributed by atoms with Gasteiger partial charge in [0.05, 0.1) is 10.6 Å². The Bertz CT molecular complexity index is 466. The summed E-state index contributed by atoms with van der Waals surface area (Å²) in [7, 11) is -3.12. The first kappa shape index (κ1) is 14.7. The largest absolute Gasteiger partial charge is 0.224 e. The molecule has 0 aliphatic rings. The van der Waals surface area contributed by atoms with Gasteiger partial charge >= 0.3 is 0 Å². The zero-order chi connectivity index (χ0) is 13.1. The molecule has 1 rings (SSSR count). The van der Waals surface area contributed by atoms with E-state index < -0.39 is 9.84 Å². The average molecular weight is 319 g/mol. The van der Waals surface area contributed by atoms with Crippen molar-refractivity contribution in [2.75, 3.05) is 5.75 Å². The number of rotatable bonds is 5. The Hall–Kier alpha value is -0.350. The van der Waals surface area contributed by atoms with Crippen molar-refractivity contribution < 1.29 is 8.42 Å². The maximum atomic E-state index is 12.0. The summed E-state index contributed by atoms with van der Waals surface area (Å²) >= 11 is 3.61. The van der Waals surface area contributed by atoms with Crippen LogP contribution in [0.15, 0.2) is 29.2 Å². The Balaban J connectivity index is 3.09. The van der Waals surface area contributed by atoms with Crippen LogP contribution in [-0.4, -0.2) is 19.0 Å². The zero-order valence-electron chi connectivity index (χ0n) is 10.5. The van der Waals surface area contributed by atoms with Gasteiger partial charge in [0.2, 0.25) is 0 Å². The van der Waals surface area contributed by atoms with Gasteiger partial charge in [-0.05, 0) is 24.0 Å². The SMILES string of the molecule is CCS(=O)(=O)c1ccccc1CC(Br)C(C)C. The van der Waals surface area contributed by atoms with Crippen LogP contribution in [-0.2, 0) is 16.3 Å².